The van der Waals surface area contributed by atoms with E-state index in [-0.39, 0.29) is 48.6 Å². The van der Waals surface area contributed by atoms with Crippen molar-refractivity contribution in [2.75, 3.05) is 46.2 Å². The normalized spacial score (nSPS) is 32.7. The summed E-state index contributed by atoms with van der Waals surface area (Å²) in [6.45, 7) is 6.87. The molecular weight excluding hydrogens is 450 g/mol. The van der Waals surface area contributed by atoms with Gasteiger partial charge in [0.2, 0.25) is 5.82 Å². The van der Waals surface area contributed by atoms with Crippen LogP contribution < -0.4 is 4.74 Å². The van der Waals surface area contributed by atoms with Crippen LogP contribution in [0.15, 0.2) is 24.3 Å². The minimum atomic E-state index is -1.03. The lowest BCUT2D eigenvalue weighted by molar-refractivity contribution is -0.310. The molecule has 0 unspecified atom stereocenters. The largest absolute Gasteiger partial charge is 0.490 e. The van der Waals surface area contributed by atoms with E-state index in [1.807, 2.05) is 19.9 Å². The zero-order chi connectivity index (χ0) is 23.9. The highest BCUT2D eigenvalue weighted by Crippen LogP contribution is 2.34. The van der Waals surface area contributed by atoms with Crippen LogP contribution in [0, 0.1) is 29.4 Å². The fourth-order valence-corrected chi connectivity index (χ4v) is 4.17. The minimum absolute atomic E-state index is 0.00662. The Bertz CT molecular complexity index is 797. The molecule has 0 N–H and O–H groups in total. The Labute approximate surface area is 199 Å². The number of ether oxygens (including phenoxy) is 7. The quantitative estimate of drug-likeness (QED) is 0.401. The molecule has 0 bridgehead atoms. The average Bonchev–Trinajstić information content (AvgIpc) is 2.88. The first-order valence-corrected chi connectivity index (χ1v) is 12.0. The zero-order valence-electron chi connectivity index (χ0n) is 19.8. The van der Waals surface area contributed by atoms with Crippen molar-refractivity contribution in [3.63, 3.8) is 0 Å². The van der Waals surface area contributed by atoms with Gasteiger partial charge in [0, 0.05) is 11.5 Å². The van der Waals surface area contributed by atoms with Crippen molar-refractivity contribution in [1.82, 2.24) is 0 Å². The number of halogens is 2. The second-order valence-electron chi connectivity index (χ2n) is 8.86. The predicted molar refractivity (Wildman–Crippen MR) is 118 cm³/mol. The highest BCUT2D eigenvalue weighted by Gasteiger charge is 2.38. The van der Waals surface area contributed by atoms with E-state index in [1.54, 1.807) is 0 Å². The molecule has 0 amide bonds. The molecule has 3 fully saturated rings. The summed E-state index contributed by atoms with van der Waals surface area (Å²) in [6.07, 6.45) is 3.89. The number of unbranched alkanes of at least 4 members (excludes halogenated alkanes) is 1. The van der Waals surface area contributed by atoms with Crippen LogP contribution >= 0.6 is 0 Å². The summed E-state index contributed by atoms with van der Waals surface area (Å²) < 4.78 is 69.1. The first-order valence-electron chi connectivity index (χ1n) is 12.0. The molecule has 3 saturated heterocycles. The number of hydrogen-bond donors (Lipinski definition) is 0. The van der Waals surface area contributed by atoms with E-state index in [2.05, 4.69) is 6.08 Å². The molecule has 1 aromatic rings. The van der Waals surface area contributed by atoms with E-state index >= 15 is 0 Å². The third-order valence-corrected chi connectivity index (χ3v) is 6.14. The number of benzene rings is 1. The van der Waals surface area contributed by atoms with Gasteiger partial charge < -0.3 is 33.2 Å². The first kappa shape index (κ1) is 25.5. The summed E-state index contributed by atoms with van der Waals surface area (Å²) in [5, 5.41) is 0. The summed E-state index contributed by atoms with van der Waals surface area (Å²) >= 11 is 0. The van der Waals surface area contributed by atoms with Gasteiger partial charge in [0.25, 0.3) is 0 Å². The molecule has 1 aromatic carbocycles. The fourth-order valence-electron chi connectivity index (χ4n) is 4.17. The molecule has 0 saturated carbocycles. The van der Waals surface area contributed by atoms with E-state index < -0.39 is 24.2 Å². The standard InChI is InChI=1S/C25H34F2O7/c1-3-5-9-28-20-8-7-19(21(26)22(20)27)25-33-14-18(15-34-25)24-31-12-17(13-32-24)23-29-10-16(6-4-2)11-30-23/h4,6-8,16-18,23-25H,3,5,9-15H2,1-2H3. The molecule has 7 nitrogen and oxygen atoms in total. The van der Waals surface area contributed by atoms with Crippen molar-refractivity contribution in [3.05, 3.63) is 41.5 Å². The SMILES string of the molecule is CC=CC1COC(C2COC(C3COC(c4ccc(OCCCC)c(F)c4F)OC3)OC2)OC1. The van der Waals surface area contributed by atoms with Crippen molar-refractivity contribution in [1.29, 1.82) is 0 Å². The maximum absolute atomic E-state index is 14.6. The molecular formula is C25H34F2O7. The van der Waals surface area contributed by atoms with Gasteiger partial charge in [-0.2, -0.15) is 4.39 Å². The number of rotatable bonds is 8. The summed E-state index contributed by atoms with van der Waals surface area (Å²) in [5.74, 6) is -2.09. The van der Waals surface area contributed by atoms with Crippen LogP contribution in [0.1, 0.15) is 38.5 Å². The number of allylic oxidation sites excluding steroid dienone is 1. The summed E-state index contributed by atoms with van der Waals surface area (Å²) in [7, 11) is 0. The molecule has 9 heteroatoms. The fraction of sp³-hybridized carbons (Fsp3) is 0.680. The molecule has 4 rings (SSSR count). The Kier molecular flexibility index (Phi) is 9.27. The van der Waals surface area contributed by atoms with Gasteiger partial charge in [-0.25, -0.2) is 4.39 Å². The highest BCUT2D eigenvalue weighted by atomic mass is 19.2. The van der Waals surface area contributed by atoms with Gasteiger partial charge in [-0.05, 0) is 25.5 Å². The van der Waals surface area contributed by atoms with E-state index in [0.29, 0.717) is 33.0 Å². The van der Waals surface area contributed by atoms with Gasteiger partial charge >= 0.3 is 0 Å². The lowest BCUT2D eigenvalue weighted by atomic mass is 10.1. The monoisotopic (exact) mass is 484 g/mol. The van der Waals surface area contributed by atoms with Crippen LogP contribution in [-0.4, -0.2) is 58.8 Å². The molecule has 0 aliphatic carbocycles. The van der Waals surface area contributed by atoms with Gasteiger partial charge in [-0.1, -0.05) is 25.5 Å². The molecule has 34 heavy (non-hydrogen) atoms. The minimum Gasteiger partial charge on any atom is -0.490 e. The average molecular weight is 485 g/mol. The van der Waals surface area contributed by atoms with Gasteiger partial charge in [0.15, 0.2) is 30.4 Å². The second-order valence-corrected chi connectivity index (χ2v) is 8.86. The van der Waals surface area contributed by atoms with Crippen LogP contribution in [0.5, 0.6) is 5.75 Å². The van der Waals surface area contributed by atoms with E-state index in [1.165, 1.54) is 12.1 Å². The molecule has 0 aromatic heterocycles. The van der Waals surface area contributed by atoms with E-state index in [0.717, 1.165) is 12.8 Å². The van der Waals surface area contributed by atoms with Crippen molar-refractivity contribution >= 4 is 0 Å². The van der Waals surface area contributed by atoms with E-state index in [4.69, 9.17) is 33.2 Å². The molecule has 190 valence electrons. The first-order chi connectivity index (χ1) is 16.6. The van der Waals surface area contributed by atoms with Crippen LogP contribution in [0.4, 0.5) is 8.78 Å². The smallest absolute Gasteiger partial charge is 0.201 e. The molecule has 3 heterocycles. The maximum Gasteiger partial charge on any atom is 0.201 e. The van der Waals surface area contributed by atoms with Crippen molar-refractivity contribution in [2.45, 2.75) is 45.6 Å². The Morgan fingerprint density at radius 1 is 0.853 bits per heavy atom. The Morgan fingerprint density at radius 3 is 2.03 bits per heavy atom. The van der Waals surface area contributed by atoms with Gasteiger partial charge in [0.05, 0.1) is 58.1 Å². The summed E-state index contributed by atoms with van der Waals surface area (Å²) in [4.78, 5) is 0. The van der Waals surface area contributed by atoms with Crippen molar-refractivity contribution < 1.29 is 41.9 Å². The van der Waals surface area contributed by atoms with Crippen molar-refractivity contribution in [2.24, 2.45) is 17.8 Å². The molecule has 3 aliphatic heterocycles. The van der Waals surface area contributed by atoms with Crippen LogP contribution in [0.2, 0.25) is 0 Å². The third kappa shape index (κ3) is 6.13. The Hall–Kier alpha value is -1.62. The van der Waals surface area contributed by atoms with Crippen LogP contribution in [0.3, 0.4) is 0 Å². The van der Waals surface area contributed by atoms with Crippen molar-refractivity contribution in [3.8, 4) is 5.75 Å². The predicted octanol–water partition coefficient (Wildman–Crippen LogP) is 4.36. The highest BCUT2D eigenvalue weighted by molar-refractivity contribution is 5.32. The Morgan fingerprint density at radius 2 is 1.44 bits per heavy atom. The lowest BCUT2D eigenvalue weighted by Gasteiger charge is -2.40. The molecule has 0 spiro atoms. The van der Waals surface area contributed by atoms with E-state index in [9.17, 15) is 8.78 Å². The third-order valence-electron chi connectivity index (χ3n) is 6.14. The molecule has 0 radical (unpaired) electrons. The topological polar surface area (TPSA) is 64.6 Å². The van der Waals surface area contributed by atoms with Crippen LogP contribution in [0.25, 0.3) is 0 Å². The summed E-state index contributed by atoms with van der Waals surface area (Å²) in [5.41, 5.74) is 0.00662. The second kappa shape index (κ2) is 12.4. The van der Waals surface area contributed by atoms with Gasteiger partial charge in [0.1, 0.15) is 0 Å². The number of hydrogen-bond acceptors (Lipinski definition) is 7. The zero-order valence-corrected chi connectivity index (χ0v) is 19.8. The molecule has 3 aliphatic rings. The Balaban J connectivity index is 1.23. The summed E-state index contributed by atoms with van der Waals surface area (Å²) in [6, 6.07) is 2.85. The lowest BCUT2D eigenvalue weighted by Crippen LogP contribution is -2.48. The van der Waals surface area contributed by atoms with Gasteiger partial charge in [-0.3, -0.25) is 0 Å². The maximum atomic E-state index is 14.6. The molecule has 0 atom stereocenters. The van der Waals surface area contributed by atoms with Gasteiger partial charge in [-0.15, -0.1) is 0 Å². The van der Waals surface area contributed by atoms with Crippen LogP contribution in [-0.2, 0) is 28.4 Å².